The van der Waals surface area contributed by atoms with E-state index >= 15 is 0 Å². The van der Waals surface area contributed by atoms with Gasteiger partial charge in [-0.3, -0.25) is 15.1 Å². The fourth-order valence-electron chi connectivity index (χ4n) is 1.73. The van der Waals surface area contributed by atoms with Crippen LogP contribution in [0.2, 0.25) is 0 Å². The van der Waals surface area contributed by atoms with Crippen molar-refractivity contribution in [2.75, 3.05) is 6.54 Å². The Morgan fingerprint density at radius 3 is 2.57 bits per heavy atom. The van der Waals surface area contributed by atoms with E-state index in [-0.39, 0.29) is 17.1 Å². The molecule has 0 radical (unpaired) electrons. The lowest BCUT2D eigenvalue weighted by atomic mass is 10.2. The summed E-state index contributed by atoms with van der Waals surface area (Å²) in [5.41, 5.74) is 0.693. The van der Waals surface area contributed by atoms with E-state index < -0.39 is 14.9 Å². The molecule has 1 N–H and O–H groups in total. The van der Waals surface area contributed by atoms with Crippen molar-refractivity contribution in [3.63, 3.8) is 0 Å². The molecule has 0 unspecified atom stereocenters. The molecule has 2 aromatic rings. The van der Waals surface area contributed by atoms with Gasteiger partial charge in [0.15, 0.2) is 0 Å². The number of aromatic nitrogens is 1. The molecule has 0 bridgehead atoms. The van der Waals surface area contributed by atoms with Crippen molar-refractivity contribution < 1.29 is 13.3 Å². The first kappa shape index (κ1) is 15.1. The summed E-state index contributed by atoms with van der Waals surface area (Å²) in [6, 6.07) is 8.53. The van der Waals surface area contributed by atoms with Gasteiger partial charge in [0.1, 0.15) is 0 Å². The highest BCUT2D eigenvalue weighted by Crippen LogP contribution is 2.17. The van der Waals surface area contributed by atoms with Gasteiger partial charge in [-0.15, -0.1) is 0 Å². The fourth-order valence-corrected chi connectivity index (χ4v) is 2.80. The number of rotatable bonds is 6. The van der Waals surface area contributed by atoms with Crippen molar-refractivity contribution >= 4 is 15.7 Å². The summed E-state index contributed by atoms with van der Waals surface area (Å²) in [4.78, 5) is 13.8. The van der Waals surface area contributed by atoms with E-state index in [0.29, 0.717) is 6.42 Å². The maximum atomic E-state index is 12.1. The molecule has 2 rings (SSSR count). The van der Waals surface area contributed by atoms with E-state index in [2.05, 4.69) is 9.71 Å². The Labute approximate surface area is 121 Å². The Morgan fingerprint density at radius 1 is 1.19 bits per heavy atom. The molecule has 0 saturated carbocycles. The minimum Gasteiger partial charge on any atom is -0.265 e. The molecule has 0 amide bonds. The van der Waals surface area contributed by atoms with Crippen LogP contribution in [0.15, 0.2) is 53.7 Å². The van der Waals surface area contributed by atoms with Crippen molar-refractivity contribution in [3.05, 3.63) is 64.5 Å². The third kappa shape index (κ3) is 4.07. The summed E-state index contributed by atoms with van der Waals surface area (Å²) >= 11 is 0. The number of sulfonamides is 1. The number of non-ortho nitro benzene ring substituents is 1. The Kier molecular flexibility index (Phi) is 4.61. The minimum atomic E-state index is -3.76. The van der Waals surface area contributed by atoms with Gasteiger partial charge in [0.2, 0.25) is 10.0 Å². The van der Waals surface area contributed by atoms with Gasteiger partial charge in [0.25, 0.3) is 5.69 Å². The molecule has 8 heteroatoms. The number of nitrogens with one attached hydrogen (secondary N) is 1. The monoisotopic (exact) mass is 307 g/mol. The molecule has 7 nitrogen and oxygen atoms in total. The topological polar surface area (TPSA) is 102 Å². The zero-order chi connectivity index (χ0) is 15.3. The van der Waals surface area contributed by atoms with Gasteiger partial charge in [-0.05, 0) is 30.2 Å². The molecule has 0 spiro atoms. The lowest BCUT2D eigenvalue weighted by molar-refractivity contribution is -0.385. The largest absolute Gasteiger partial charge is 0.270 e. The lowest BCUT2D eigenvalue weighted by Crippen LogP contribution is -2.26. The number of benzene rings is 1. The molecule has 0 saturated heterocycles. The van der Waals surface area contributed by atoms with Gasteiger partial charge in [-0.25, -0.2) is 13.1 Å². The van der Waals surface area contributed by atoms with Crippen molar-refractivity contribution in [1.29, 1.82) is 0 Å². The number of hydrogen-bond donors (Lipinski definition) is 1. The predicted molar refractivity (Wildman–Crippen MR) is 76.2 cm³/mol. The van der Waals surface area contributed by atoms with E-state index in [9.17, 15) is 18.5 Å². The molecule has 1 heterocycles. The second-order valence-electron chi connectivity index (χ2n) is 4.26. The third-order valence-electron chi connectivity index (χ3n) is 2.79. The van der Waals surface area contributed by atoms with Crippen LogP contribution in [0, 0.1) is 10.1 Å². The first-order valence-corrected chi connectivity index (χ1v) is 7.60. The summed E-state index contributed by atoms with van der Waals surface area (Å²) in [6.07, 6.45) is 3.77. The number of nitrogens with zero attached hydrogens (tertiary/aromatic N) is 2. The average molecular weight is 307 g/mol. The molecular formula is C13H13N3O4S. The van der Waals surface area contributed by atoms with Crippen LogP contribution in [0.25, 0.3) is 0 Å². The Balaban J connectivity index is 2.05. The van der Waals surface area contributed by atoms with E-state index in [1.807, 2.05) is 0 Å². The van der Waals surface area contributed by atoms with Crippen LogP contribution in [0.4, 0.5) is 5.69 Å². The first-order valence-electron chi connectivity index (χ1n) is 6.12. The summed E-state index contributed by atoms with van der Waals surface area (Å²) in [5.74, 6) is 0. The van der Waals surface area contributed by atoms with E-state index in [1.54, 1.807) is 24.5 Å². The van der Waals surface area contributed by atoms with E-state index in [1.165, 1.54) is 18.2 Å². The average Bonchev–Trinajstić information content (AvgIpc) is 2.48. The zero-order valence-corrected chi connectivity index (χ0v) is 11.8. The van der Waals surface area contributed by atoms with E-state index in [0.717, 1.165) is 11.6 Å². The third-order valence-corrected chi connectivity index (χ3v) is 4.25. The van der Waals surface area contributed by atoms with Crippen LogP contribution in [-0.2, 0) is 16.4 Å². The zero-order valence-electron chi connectivity index (χ0n) is 11.0. The quantitative estimate of drug-likeness (QED) is 0.643. The summed E-state index contributed by atoms with van der Waals surface area (Å²) in [6.45, 7) is 0.203. The number of nitro benzene ring substituents is 1. The molecule has 1 aromatic heterocycles. The van der Waals surface area contributed by atoms with Crippen LogP contribution in [0.3, 0.4) is 0 Å². The molecule has 0 fully saturated rings. The molecule has 0 aliphatic heterocycles. The Morgan fingerprint density at radius 2 is 1.90 bits per heavy atom. The highest BCUT2D eigenvalue weighted by molar-refractivity contribution is 7.89. The predicted octanol–water partition coefficient (Wildman–Crippen LogP) is 1.51. The number of nitro groups is 1. The first-order chi connectivity index (χ1) is 9.99. The van der Waals surface area contributed by atoms with Gasteiger partial charge in [0.05, 0.1) is 9.82 Å². The summed E-state index contributed by atoms with van der Waals surface area (Å²) < 4.78 is 26.5. The van der Waals surface area contributed by atoms with Gasteiger partial charge < -0.3 is 0 Å². The molecule has 21 heavy (non-hydrogen) atoms. The molecule has 0 aliphatic rings. The van der Waals surface area contributed by atoms with E-state index in [4.69, 9.17) is 0 Å². The van der Waals surface area contributed by atoms with Crippen molar-refractivity contribution in [2.45, 2.75) is 11.3 Å². The highest BCUT2D eigenvalue weighted by Gasteiger charge is 2.16. The second-order valence-corrected chi connectivity index (χ2v) is 6.02. The van der Waals surface area contributed by atoms with Crippen LogP contribution >= 0.6 is 0 Å². The lowest BCUT2D eigenvalue weighted by Gasteiger charge is -2.06. The molecular weight excluding hydrogens is 294 g/mol. The van der Waals surface area contributed by atoms with Crippen LogP contribution in [-0.4, -0.2) is 24.9 Å². The van der Waals surface area contributed by atoms with Crippen LogP contribution in [0.5, 0.6) is 0 Å². The molecule has 110 valence electrons. The minimum absolute atomic E-state index is 0.119. The molecule has 0 aliphatic carbocycles. The molecule has 0 atom stereocenters. The second kappa shape index (κ2) is 6.42. The van der Waals surface area contributed by atoms with Crippen molar-refractivity contribution in [1.82, 2.24) is 9.71 Å². The van der Waals surface area contributed by atoms with Gasteiger partial charge in [0, 0.05) is 31.1 Å². The highest BCUT2D eigenvalue weighted by atomic mass is 32.2. The number of pyridine rings is 1. The van der Waals surface area contributed by atoms with Gasteiger partial charge in [-0.2, -0.15) is 0 Å². The Bertz CT molecular complexity index is 732. The van der Waals surface area contributed by atoms with Gasteiger partial charge in [-0.1, -0.05) is 6.07 Å². The smallest absolute Gasteiger partial charge is 0.265 e. The number of hydrogen-bond acceptors (Lipinski definition) is 5. The molecule has 1 aromatic carbocycles. The Hall–Kier alpha value is -2.32. The van der Waals surface area contributed by atoms with Crippen molar-refractivity contribution in [3.8, 4) is 0 Å². The summed E-state index contributed by atoms with van der Waals surface area (Å²) in [7, 11) is -3.76. The standard InChI is InChI=1S/C13H13N3O4S/c17-16(18)12-2-1-3-13(10-12)21(19,20)15-9-6-11-4-7-14-8-5-11/h1-5,7-8,10,15H,6,9H2. The maximum absolute atomic E-state index is 12.1. The van der Waals surface area contributed by atoms with Crippen LogP contribution < -0.4 is 4.72 Å². The van der Waals surface area contributed by atoms with Crippen molar-refractivity contribution in [2.24, 2.45) is 0 Å². The summed E-state index contributed by atoms with van der Waals surface area (Å²) in [5, 5.41) is 10.7. The maximum Gasteiger partial charge on any atom is 0.270 e. The SMILES string of the molecule is O=[N+]([O-])c1cccc(S(=O)(=O)NCCc2ccncc2)c1. The fraction of sp³-hybridized carbons (Fsp3) is 0.154. The normalized spacial score (nSPS) is 11.2. The van der Waals surface area contributed by atoms with Gasteiger partial charge >= 0.3 is 0 Å². The van der Waals surface area contributed by atoms with Crippen LogP contribution in [0.1, 0.15) is 5.56 Å².